The number of nitrogens with one attached hydrogen (secondary N) is 2. The van der Waals surface area contributed by atoms with Crippen molar-refractivity contribution in [2.75, 3.05) is 40.0 Å². The molecule has 0 radical (unpaired) electrons. The molecular weight excluding hydrogens is 377 g/mol. The fourth-order valence-corrected chi connectivity index (χ4v) is 2.77. The molecule has 0 aliphatic carbocycles. The van der Waals surface area contributed by atoms with Crippen molar-refractivity contribution in [1.82, 2.24) is 15.6 Å². The molecule has 2 N–H and O–H groups in total. The van der Waals surface area contributed by atoms with Gasteiger partial charge < -0.3 is 20.1 Å². The summed E-state index contributed by atoms with van der Waals surface area (Å²) < 4.78 is 10.7. The maximum absolute atomic E-state index is 12.5. The van der Waals surface area contributed by atoms with Crippen LogP contribution in [0.15, 0.2) is 18.3 Å². The van der Waals surface area contributed by atoms with Gasteiger partial charge in [0.2, 0.25) is 11.8 Å². The van der Waals surface area contributed by atoms with Gasteiger partial charge in [-0.15, -0.1) is 24.8 Å². The smallest absolute Gasteiger partial charge is 0.232 e. The molecule has 0 aromatic carbocycles. The number of pyridine rings is 1. The van der Waals surface area contributed by atoms with Crippen LogP contribution in [0, 0.1) is 5.41 Å². The van der Waals surface area contributed by atoms with E-state index in [1.54, 1.807) is 25.4 Å². The average Bonchev–Trinajstić information content (AvgIpc) is 2.54. The van der Waals surface area contributed by atoms with Gasteiger partial charge in [0.15, 0.2) is 0 Å². The van der Waals surface area contributed by atoms with Crippen molar-refractivity contribution in [3.05, 3.63) is 23.4 Å². The summed E-state index contributed by atoms with van der Waals surface area (Å²) in [5.74, 6) is 0.401. The molecule has 2 rings (SSSR count). The lowest BCUT2D eigenvalue weighted by Crippen LogP contribution is -2.50. The van der Waals surface area contributed by atoms with Crippen molar-refractivity contribution in [2.45, 2.75) is 12.8 Å². The van der Waals surface area contributed by atoms with Crippen LogP contribution in [0.2, 0.25) is 5.02 Å². The predicted octanol–water partition coefficient (Wildman–Crippen LogP) is 2.09. The number of halogens is 3. The maximum atomic E-state index is 12.5. The van der Waals surface area contributed by atoms with E-state index >= 15 is 0 Å². The molecule has 24 heavy (non-hydrogen) atoms. The molecule has 1 fully saturated rings. The molecule has 1 aliphatic rings. The van der Waals surface area contributed by atoms with Crippen molar-refractivity contribution >= 4 is 42.3 Å². The van der Waals surface area contributed by atoms with E-state index in [1.165, 1.54) is 0 Å². The molecule has 0 spiro atoms. The second-order valence-corrected chi connectivity index (χ2v) is 5.77. The number of hydrogen-bond donors (Lipinski definition) is 2. The minimum Gasteiger partial charge on any atom is -0.475 e. The van der Waals surface area contributed by atoms with Crippen LogP contribution < -0.4 is 15.4 Å². The number of aromatic nitrogens is 1. The molecule has 6 nitrogen and oxygen atoms in total. The molecule has 2 heterocycles. The van der Waals surface area contributed by atoms with E-state index in [0.717, 1.165) is 25.9 Å². The molecule has 0 bridgehead atoms. The minimum atomic E-state index is -0.442. The Bertz CT molecular complexity index is 494. The van der Waals surface area contributed by atoms with Gasteiger partial charge in [-0.25, -0.2) is 4.98 Å². The van der Waals surface area contributed by atoms with Crippen LogP contribution in [0.1, 0.15) is 12.8 Å². The molecule has 1 amide bonds. The van der Waals surface area contributed by atoms with Gasteiger partial charge in [0.25, 0.3) is 0 Å². The van der Waals surface area contributed by atoms with Crippen molar-refractivity contribution in [3.63, 3.8) is 0 Å². The number of hydrogen-bond acceptors (Lipinski definition) is 5. The molecule has 0 unspecified atom stereocenters. The van der Waals surface area contributed by atoms with Crippen LogP contribution in [-0.4, -0.2) is 50.8 Å². The minimum absolute atomic E-state index is 0. The third-order valence-electron chi connectivity index (χ3n) is 3.81. The largest absolute Gasteiger partial charge is 0.475 e. The summed E-state index contributed by atoms with van der Waals surface area (Å²) in [6.45, 7) is 2.83. The highest BCUT2D eigenvalue weighted by Crippen LogP contribution is 2.29. The Kier molecular flexibility index (Phi) is 11.3. The average molecular weight is 401 g/mol. The first-order chi connectivity index (χ1) is 10.7. The number of amides is 1. The Hall–Kier alpha value is -0.790. The van der Waals surface area contributed by atoms with Crippen molar-refractivity contribution in [2.24, 2.45) is 5.41 Å². The molecule has 9 heteroatoms. The molecule has 1 aromatic rings. The number of methoxy groups -OCH3 is 1. The van der Waals surface area contributed by atoms with Gasteiger partial charge in [-0.3, -0.25) is 4.79 Å². The summed E-state index contributed by atoms with van der Waals surface area (Å²) in [6, 6.07) is 3.45. The first-order valence-corrected chi connectivity index (χ1v) is 7.77. The first kappa shape index (κ1) is 23.2. The van der Waals surface area contributed by atoms with Gasteiger partial charge >= 0.3 is 0 Å². The molecular formula is C15H24Cl3N3O3. The van der Waals surface area contributed by atoms with Gasteiger partial charge in [0, 0.05) is 13.3 Å². The van der Waals surface area contributed by atoms with Crippen LogP contribution in [0.5, 0.6) is 5.88 Å². The molecule has 1 aromatic heterocycles. The summed E-state index contributed by atoms with van der Waals surface area (Å²) in [7, 11) is 1.63. The fourth-order valence-electron chi connectivity index (χ4n) is 2.60. The fraction of sp³-hybridized carbons (Fsp3) is 0.600. The Morgan fingerprint density at radius 2 is 2.12 bits per heavy atom. The number of nitrogens with zero attached hydrogens (tertiary/aromatic N) is 1. The third kappa shape index (κ3) is 6.26. The standard InChI is InChI=1S/C15H22ClN3O3.2ClH/c1-21-11-15(4-7-17-8-5-15)14(20)19-9-10-22-13-12(16)3-2-6-18-13;;/h2-3,6,17H,4-5,7-11H2,1H3,(H,19,20);2*1H. The lowest BCUT2D eigenvalue weighted by atomic mass is 9.78. The van der Waals surface area contributed by atoms with E-state index < -0.39 is 5.41 Å². The van der Waals surface area contributed by atoms with Gasteiger partial charge in [-0.1, -0.05) is 11.6 Å². The van der Waals surface area contributed by atoms with Crippen LogP contribution in [0.25, 0.3) is 0 Å². The van der Waals surface area contributed by atoms with Crippen LogP contribution >= 0.6 is 36.4 Å². The predicted molar refractivity (Wildman–Crippen MR) is 98.7 cm³/mol. The number of ether oxygens (including phenoxy) is 2. The van der Waals surface area contributed by atoms with Crippen molar-refractivity contribution < 1.29 is 14.3 Å². The summed E-state index contributed by atoms with van der Waals surface area (Å²) in [5, 5.41) is 6.65. The number of carbonyl (C=O) groups excluding carboxylic acids is 1. The van der Waals surface area contributed by atoms with E-state index in [9.17, 15) is 4.79 Å². The number of rotatable bonds is 7. The highest BCUT2D eigenvalue weighted by atomic mass is 35.5. The topological polar surface area (TPSA) is 72.5 Å². The first-order valence-electron chi connectivity index (χ1n) is 7.39. The van der Waals surface area contributed by atoms with E-state index in [1.807, 2.05) is 0 Å². The Balaban J connectivity index is 0.00000264. The molecule has 1 aliphatic heterocycles. The Morgan fingerprint density at radius 1 is 1.42 bits per heavy atom. The summed E-state index contributed by atoms with van der Waals surface area (Å²) in [6.07, 6.45) is 3.17. The summed E-state index contributed by atoms with van der Waals surface area (Å²) >= 11 is 5.95. The third-order valence-corrected chi connectivity index (χ3v) is 4.10. The number of piperidine rings is 1. The highest BCUT2D eigenvalue weighted by molar-refractivity contribution is 6.31. The monoisotopic (exact) mass is 399 g/mol. The van der Waals surface area contributed by atoms with Crippen LogP contribution in [-0.2, 0) is 9.53 Å². The van der Waals surface area contributed by atoms with Crippen molar-refractivity contribution in [3.8, 4) is 5.88 Å². The van der Waals surface area contributed by atoms with Gasteiger partial charge in [-0.2, -0.15) is 0 Å². The zero-order valence-electron chi connectivity index (χ0n) is 13.5. The van der Waals surface area contributed by atoms with Gasteiger partial charge in [-0.05, 0) is 38.1 Å². The SMILES string of the molecule is COCC1(C(=O)NCCOc2ncccc2Cl)CCNCC1.Cl.Cl. The molecule has 0 atom stereocenters. The van der Waals surface area contributed by atoms with Crippen LogP contribution in [0.4, 0.5) is 0 Å². The zero-order valence-corrected chi connectivity index (χ0v) is 15.9. The Labute approximate surface area is 159 Å². The maximum Gasteiger partial charge on any atom is 0.232 e. The van der Waals surface area contributed by atoms with Crippen molar-refractivity contribution in [1.29, 1.82) is 0 Å². The van der Waals surface area contributed by atoms with Gasteiger partial charge in [0.1, 0.15) is 11.6 Å². The number of carbonyl (C=O) groups is 1. The second-order valence-electron chi connectivity index (χ2n) is 5.36. The van der Waals surface area contributed by atoms with Gasteiger partial charge in [0.05, 0.1) is 18.6 Å². The van der Waals surface area contributed by atoms with E-state index in [-0.39, 0.29) is 30.7 Å². The molecule has 138 valence electrons. The Morgan fingerprint density at radius 3 is 2.75 bits per heavy atom. The normalized spacial score (nSPS) is 15.6. The zero-order chi connectivity index (χ0) is 15.8. The second kappa shape index (κ2) is 11.7. The summed E-state index contributed by atoms with van der Waals surface area (Å²) in [5.41, 5.74) is -0.442. The van der Waals surface area contributed by atoms with E-state index in [2.05, 4.69) is 15.6 Å². The van der Waals surface area contributed by atoms with E-state index in [4.69, 9.17) is 21.1 Å². The molecule has 0 saturated carbocycles. The summed E-state index contributed by atoms with van der Waals surface area (Å²) in [4.78, 5) is 16.5. The van der Waals surface area contributed by atoms with Crippen LogP contribution in [0.3, 0.4) is 0 Å². The lowest BCUT2D eigenvalue weighted by Gasteiger charge is -2.35. The molecule has 1 saturated heterocycles. The van der Waals surface area contributed by atoms with E-state index in [0.29, 0.717) is 30.7 Å². The quantitative estimate of drug-likeness (QED) is 0.686. The highest BCUT2D eigenvalue weighted by Gasteiger charge is 2.39. The lowest BCUT2D eigenvalue weighted by molar-refractivity contribution is -0.136.